The van der Waals surface area contributed by atoms with E-state index in [1.54, 1.807) is 0 Å². The molecule has 20 heavy (non-hydrogen) atoms. The van der Waals surface area contributed by atoms with E-state index >= 15 is 0 Å². The van der Waals surface area contributed by atoms with Crippen LogP contribution in [0.4, 0.5) is 0 Å². The maximum Gasteiger partial charge on any atom is 0.0586 e. The molecule has 0 aliphatic carbocycles. The molecule has 112 valence electrons. The van der Waals surface area contributed by atoms with Gasteiger partial charge in [-0.3, -0.25) is 0 Å². The molecule has 2 heteroatoms. The lowest BCUT2D eigenvalue weighted by molar-refractivity contribution is 0.0465. The van der Waals surface area contributed by atoms with E-state index in [1.807, 2.05) is 0 Å². The third kappa shape index (κ3) is 4.60. The highest BCUT2D eigenvalue weighted by molar-refractivity contribution is 5.25. The summed E-state index contributed by atoms with van der Waals surface area (Å²) in [5.74, 6) is 0.549. The largest absolute Gasteiger partial charge is 0.375 e. The Balaban J connectivity index is 2.01. The molecule has 1 aromatic carbocycles. The van der Waals surface area contributed by atoms with E-state index in [0.717, 1.165) is 13.0 Å². The molecule has 1 aromatic rings. The van der Waals surface area contributed by atoms with Crippen molar-refractivity contribution in [3.8, 4) is 0 Å². The number of hydrogen-bond acceptors (Lipinski definition) is 2. The Morgan fingerprint density at radius 3 is 2.45 bits per heavy atom. The van der Waals surface area contributed by atoms with Gasteiger partial charge in [-0.15, -0.1) is 0 Å². The Morgan fingerprint density at radius 2 is 1.90 bits per heavy atom. The Labute approximate surface area is 123 Å². The van der Waals surface area contributed by atoms with Crippen molar-refractivity contribution in [1.29, 1.82) is 0 Å². The molecule has 0 radical (unpaired) electrons. The highest BCUT2D eigenvalue weighted by Gasteiger charge is 2.25. The maximum absolute atomic E-state index is 6.02. The van der Waals surface area contributed by atoms with Crippen molar-refractivity contribution in [3.05, 3.63) is 35.4 Å². The number of ether oxygens (including phenoxy) is 1. The Kier molecular flexibility index (Phi) is 5.62. The van der Waals surface area contributed by atoms with Gasteiger partial charge in [0.15, 0.2) is 0 Å². The minimum Gasteiger partial charge on any atom is -0.375 e. The lowest BCUT2D eigenvalue weighted by Crippen LogP contribution is -2.29. The van der Waals surface area contributed by atoms with Gasteiger partial charge in [0.1, 0.15) is 0 Å². The minimum absolute atomic E-state index is 0.435. The molecule has 0 amide bonds. The summed E-state index contributed by atoms with van der Waals surface area (Å²) in [5.41, 5.74) is 2.77. The lowest BCUT2D eigenvalue weighted by atomic mass is 9.91. The molecule has 0 spiro atoms. The smallest absolute Gasteiger partial charge is 0.0586 e. The van der Waals surface area contributed by atoms with Crippen LogP contribution in [0.5, 0.6) is 0 Å². The number of benzene rings is 1. The van der Waals surface area contributed by atoms with Crippen molar-refractivity contribution in [2.24, 2.45) is 0 Å². The summed E-state index contributed by atoms with van der Waals surface area (Å²) in [6.45, 7) is 9.79. The summed E-state index contributed by atoms with van der Waals surface area (Å²) in [5, 5.41) is 3.59. The van der Waals surface area contributed by atoms with Gasteiger partial charge in [0, 0.05) is 12.6 Å². The predicted octanol–water partition coefficient (Wildman–Crippen LogP) is 4.03. The zero-order valence-electron chi connectivity index (χ0n) is 13.4. The molecule has 0 aromatic heterocycles. The fourth-order valence-corrected chi connectivity index (χ4v) is 2.93. The summed E-state index contributed by atoms with van der Waals surface area (Å²) in [6, 6.07) is 9.53. The van der Waals surface area contributed by atoms with Gasteiger partial charge in [-0.2, -0.15) is 0 Å². The van der Waals surface area contributed by atoms with Gasteiger partial charge in [0.05, 0.1) is 12.2 Å². The highest BCUT2D eigenvalue weighted by Crippen LogP contribution is 2.29. The average Bonchev–Trinajstić information content (AvgIpc) is 2.81. The van der Waals surface area contributed by atoms with Gasteiger partial charge in [0.25, 0.3) is 0 Å². The van der Waals surface area contributed by atoms with E-state index < -0.39 is 0 Å². The molecule has 0 bridgehead atoms. The van der Waals surface area contributed by atoms with Gasteiger partial charge in [-0.1, -0.05) is 43.7 Å². The first-order valence-electron chi connectivity index (χ1n) is 8.00. The van der Waals surface area contributed by atoms with Crippen LogP contribution in [0.15, 0.2) is 24.3 Å². The molecule has 1 heterocycles. The van der Waals surface area contributed by atoms with E-state index in [0.29, 0.717) is 24.2 Å². The van der Waals surface area contributed by atoms with Crippen LogP contribution in [0.3, 0.4) is 0 Å². The van der Waals surface area contributed by atoms with Gasteiger partial charge < -0.3 is 10.1 Å². The van der Waals surface area contributed by atoms with Crippen molar-refractivity contribution in [3.63, 3.8) is 0 Å². The van der Waals surface area contributed by atoms with Crippen molar-refractivity contribution in [2.45, 2.75) is 71.1 Å². The molecule has 1 saturated heterocycles. The van der Waals surface area contributed by atoms with Crippen LogP contribution in [0.2, 0.25) is 0 Å². The van der Waals surface area contributed by atoms with Crippen LogP contribution in [-0.4, -0.2) is 24.8 Å². The van der Waals surface area contributed by atoms with E-state index in [-0.39, 0.29) is 0 Å². The van der Waals surface area contributed by atoms with Crippen LogP contribution in [-0.2, 0) is 4.74 Å². The summed E-state index contributed by atoms with van der Waals surface area (Å²) in [4.78, 5) is 0. The highest BCUT2D eigenvalue weighted by atomic mass is 16.5. The first-order valence-corrected chi connectivity index (χ1v) is 8.00. The quantitative estimate of drug-likeness (QED) is 0.846. The molecule has 1 N–H and O–H groups in total. The maximum atomic E-state index is 6.02. The van der Waals surface area contributed by atoms with Crippen LogP contribution in [0.25, 0.3) is 0 Å². The fraction of sp³-hybridized carbons (Fsp3) is 0.667. The standard InChI is InChI=1S/C18H29NO/c1-13(2)19-12-17(11-18-10-7-15(4)20-18)16-8-5-14(3)6-9-16/h5-6,8-9,13,15,17-19H,7,10-12H2,1-4H3. The Bertz CT molecular complexity index is 398. The van der Waals surface area contributed by atoms with Crippen LogP contribution in [0.1, 0.15) is 57.1 Å². The lowest BCUT2D eigenvalue weighted by Gasteiger charge is -2.23. The van der Waals surface area contributed by atoms with Crippen LogP contribution < -0.4 is 5.32 Å². The molecule has 3 atom stereocenters. The molecule has 1 aliphatic heterocycles. The molecule has 0 saturated carbocycles. The van der Waals surface area contributed by atoms with Crippen molar-refractivity contribution in [2.75, 3.05) is 6.54 Å². The van der Waals surface area contributed by atoms with E-state index in [1.165, 1.54) is 24.0 Å². The van der Waals surface area contributed by atoms with Gasteiger partial charge >= 0.3 is 0 Å². The van der Waals surface area contributed by atoms with E-state index in [9.17, 15) is 0 Å². The zero-order chi connectivity index (χ0) is 14.5. The second kappa shape index (κ2) is 7.24. The van der Waals surface area contributed by atoms with Gasteiger partial charge in [-0.25, -0.2) is 0 Å². The molecular weight excluding hydrogens is 246 g/mol. The van der Waals surface area contributed by atoms with Gasteiger partial charge in [-0.05, 0) is 44.6 Å². The summed E-state index contributed by atoms with van der Waals surface area (Å²) >= 11 is 0. The normalized spacial score (nSPS) is 24.2. The second-order valence-corrected chi connectivity index (χ2v) is 6.55. The van der Waals surface area contributed by atoms with E-state index in [4.69, 9.17) is 4.74 Å². The summed E-state index contributed by atoms with van der Waals surface area (Å²) < 4.78 is 6.02. The van der Waals surface area contributed by atoms with Crippen LogP contribution in [0, 0.1) is 6.92 Å². The van der Waals surface area contributed by atoms with Crippen LogP contribution >= 0.6 is 0 Å². The number of nitrogens with one attached hydrogen (secondary N) is 1. The summed E-state index contributed by atoms with van der Waals surface area (Å²) in [6.07, 6.45) is 4.43. The molecule has 3 unspecified atom stereocenters. The predicted molar refractivity (Wildman–Crippen MR) is 85.2 cm³/mol. The number of rotatable bonds is 6. The molecule has 1 aliphatic rings. The third-order valence-electron chi connectivity index (χ3n) is 4.19. The summed E-state index contributed by atoms with van der Waals surface area (Å²) in [7, 11) is 0. The molecule has 2 rings (SSSR count). The number of aryl methyl sites for hydroxylation is 1. The topological polar surface area (TPSA) is 21.3 Å². The number of hydrogen-bond donors (Lipinski definition) is 1. The minimum atomic E-state index is 0.435. The fourth-order valence-electron chi connectivity index (χ4n) is 2.93. The van der Waals surface area contributed by atoms with Gasteiger partial charge in [0.2, 0.25) is 0 Å². The Hall–Kier alpha value is -0.860. The van der Waals surface area contributed by atoms with Crippen molar-refractivity contribution in [1.82, 2.24) is 5.32 Å². The Morgan fingerprint density at radius 1 is 1.20 bits per heavy atom. The van der Waals surface area contributed by atoms with Crippen molar-refractivity contribution < 1.29 is 4.74 Å². The third-order valence-corrected chi connectivity index (χ3v) is 4.19. The monoisotopic (exact) mass is 275 g/mol. The average molecular weight is 275 g/mol. The zero-order valence-corrected chi connectivity index (χ0v) is 13.4. The molecule has 2 nitrogen and oxygen atoms in total. The first kappa shape index (κ1) is 15.5. The molecular formula is C18H29NO. The first-order chi connectivity index (χ1) is 9.54. The SMILES string of the molecule is Cc1ccc(C(CNC(C)C)CC2CCC(C)O2)cc1. The van der Waals surface area contributed by atoms with E-state index in [2.05, 4.69) is 57.3 Å². The second-order valence-electron chi connectivity index (χ2n) is 6.55. The molecule has 1 fully saturated rings. The van der Waals surface area contributed by atoms with Crippen molar-refractivity contribution >= 4 is 0 Å².